The van der Waals surface area contributed by atoms with Crippen LogP contribution in [0, 0.1) is 5.92 Å². The molecule has 8 nitrogen and oxygen atoms in total. The van der Waals surface area contributed by atoms with Crippen LogP contribution in [0.15, 0.2) is 55.1 Å². The Labute approximate surface area is 156 Å². The lowest BCUT2D eigenvalue weighted by molar-refractivity contribution is -0.125. The molecule has 1 amide bonds. The highest BCUT2D eigenvalue weighted by Gasteiger charge is 2.33. The van der Waals surface area contributed by atoms with Gasteiger partial charge < -0.3 is 15.0 Å². The van der Waals surface area contributed by atoms with E-state index in [-0.39, 0.29) is 11.8 Å². The number of nitrogens with one attached hydrogen (secondary N) is 1. The van der Waals surface area contributed by atoms with E-state index in [1.807, 2.05) is 42.6 Å². The number of amides is 1. The van der Waals surface area contributed by atoms with E-state index in [4.69, 9.17) is 4.74 Å². The molecule has 1 aliphatic heterocycles. The second-order valence-corrected chi connectivity index (χ2v) is 6.32. The number of methoxy groups -OCH3 is 1. The molecule has 8 heteroatoms. The molecule has 3 heterocycles. The average molecular weight is 364 g/mol. The predicted molar refractivity (Wildman–Crippen MR) is 99.7 cm³/mol. The van der Waals surface area contributed by atoms with Crippen molar-refractivity contribution in [3.63, 3.8) is 0 Å². The molecule has 27 heavy (non-hydrogen) atoms. The van der Waals surface area contributed by atoms with Crippen LogP contribution in [0.2, 0.25) is 0 Å². The lowest BCUT2D eigenvalue weighted by Crippen LogP contribution is -2.54. The van der Waals surface area contributed by atoms with Gasteiger partial charge in [-0.25, -0.2) is 14.6 Å². The molecular formula is C19H20N6O2. The molecule has 0 radical (unpaired) electrons. The smallest absolute Gasteiger partial charge is 0.226 e. The molecule has 1 aromatic carbocycles. The summed E-state index contributed by atoms with van der Waals surface area (Å²) in [7, 11) is 1.63. The average Bonchev–Trinajstić information content (AvgIpc) is 3.20. The number of carbonyl (C=O) groups excluding carboxylic acids is 1. The lowest BCUT2D eigenvalue weighted by atomic mass is 9.99. The molecule has 0 bridgehead atoms. The van der Waals surface area contributed by atoms with Gasteiger partial charge >= 0.3 is 0 Å². The fraction of sp³-hybridized carbons (Fsp3) is 0.263. The number of hydrogen-bond donors (Lipinski definition) is 1. The fourth-order valence-corrected chi connectivity index (χ4v) is 3.05. The summed E-state index contributed by atoms with van der Waals surface area (Å²) in [4.78, 5) is 23.0. The first-order valence-corrected chi connectivity index (χ1v) is 8.71. The number of benzene rings is 1. The van der Waals surface area contributed by atoms with Gasteiger partial charge in [0.15, 0.2) is 5.82 Å². The van der Waals surface area contributed by atoms with Gasteiger partial charge in [-0.05, 0) is 12.1 Å². The lowest BCUT2D eigenvalue weighted by Gasteiger charge is -2.39. The van der Waals surface area contributed by atoms with Crippen LogP contribution in [0.4, 0.5) is 5.82 Å². The molecule has 0 atom stereocenters. The number of aromatic nitrogens is 4. The molecule has 0 aliphatic carbocycles. The molecule has 3 aromatic rings. The van der Waals surface area contributed by atoms with Crippen molar-refractivity contribution in [1.29, 1.82) is 0 Å². The minimum Gasteiger partial charge on any atom is -0.496 e. The van der Waals surface area contributed by atoms with E-state index in [1.54, 1.807) is 18.0 Å². The molecule has 0 saturated carbocycles. The van der Waals surface area contributed by atoms with Crippen LogP contribution in [0.3, 0.4) is 0 Å². The zero-order valence-electron chi connectivity index (χ0n) is 14.9. The molecule has 1 aliphatic rings. The number of hydrogen-bond acceptors (Lipinski definition) is 6. The number of carbonyl (C=O) groups is 1. The summed E-state index contributed by atoms with van der Waals surface area (Å²) in [5.41, 5.74) is 0.962. The Morgan fingerprint density at radius 3 is 2.81 bits per heavy atom. The van der Waals surface area contributed by atoms with Gasteiger partial charge in [0, 0.05) is 43.7 Å². The van der Waals surface area contributed by atoms with Crippen LogP contribution in [0.5, 0.6) is 5.75 Å². The van der Waals surface area contributed by atoms with Crippen LogP contribution in [-0.2, 0) is 11.3 Å². The van der Waals surface area contributed by atoms with Crippen molar-refractivity contribution in [2.75, 3.05) is 25.1 Å². The summed E-state index contributed by atoms with van der Waals surface area (Å²) in [6.45, 7) is 1.72. The second kappa shape index (κ2) is 7.45. The maximum atomic E-state index is 12.4. The Kier molecular flexibility index (Phi) is 4.69. The van der Waals surface area contributed by atoms with Crippen LogP contribution < -0.4 is 15.0 Å². The van der Waals surface area contributed by atoms with E-state index in [0.29, 0.717) is 25.5 Å². The minimum absolute atomic E-state index is 0.0403. The SMILES string of the molecule is COc1ccccc1CNC(=O)C1CN(c2cc(-n3cccn3)ncn2)C1. The van der Waals surface area contributed by atoms with Crippen molar-refractivity contribution in [2.24, 2.45) is 5.92 Å². The van der Waals surface area contributed by atoms with Crippen molar-refractivity contribution in [2.45, 2.75) is 6.54 Å². The van der Waals surface area contributed by atoms with Gasteiger partial charge in [0.1, 0.15) is 17.9 Å². The van der Waals surface area contributed by atoms with Crippen LogP contribution in [-0.4, -0.2) is 45.9 Å². The summed E-state index contributed by atoms with van der Waals surface area (Å²) >= 11 is 0. The van der Waals surface area contributed by atoms with Crippen molar-refractivity contribution in [3.05, 3.63) is 60.7 Å². The molecule has 2 aromatic heterocycles. The summed E-state index contributed by atoms with van der Waals surface area (Å²) in [5, 5.41) is 7.16. The maximum Gasteiger partial charge on any atom is 0.226 e. The van der Waals surface area contributed by atoms with Crippen molar-refractivity contribution in [1.82, 2.24) is 25.1 Å². The first-order valence-electron chi connectivity index (χ1n) is 8.71. The number of para-hydroxylation sites is 1. The quantitative estimate of drug-likeness (QED) is 0.712. The molecular weight excluding hydrogens is 344 g/mol. The Morgan fingerprint density at radius 2 is 2.04 bits per heavy atom. The summed E-state index contributed by atoms with van der Waals surface area (Å²) < 4.78 is 7.00. The van der Waals surface area contributed by atoms with Crippen LogP contribution >= 0.6 is 0 Å². The highest BCUT2D eigenvalue weighted by molar-refractivity contribution is 5.81. The Hall–Kier alpha value is -3.42. The van der Waals surface area contributed by atoms with E-state index in [1.165, 1.54) is 6.33 Å². The zero-order chi connectivity index (χ0) is 18.6. The van der Waals surface area contributed by atoms with E-state index in [9.17, 15) is 4.79 Å². The molecule has 0 unspecified atom stereocenters. The first-order chi connectivity index (χ1) is 13.2. The number of rotatable bonds is 6. The molecule has 138 valence electrons. The molecule has 4 rings (SSSR count). The van der Waals surface area contributed by atoms with Crippen LogP contribution in [0.1, 0.15) is 5.56 Å². The summed E-state index contributed by atoms with van der Waals surface area (Å²) in [6, 6.07) is 11.4. The van der Waals surface area contributed by atoms with Gasteiger partial charge in [-0.1, -0.05) is 18.2 Å². The third-order valence-electron chi connectivity index (χ3n) is 4.60. The third kappa shape index (κ3) is 3.59. The van der Waals surface area contributed by atoms with E-state index >= 15 is 0 Å². The number of ether oxygens (including phenoxy) is 1. The van der Waals surface area contributed by atoms with Gasteiger partial charge in [0.25, 0.3) is 0 Å². The summed E-state index contributed by atoms with van der Waals surface area (Å²) in [5.74, 6) is 2.26. The summed E-state index contributed by atoms with van der Waals surface area (Å²) in [6.07, 6.45) is 5.05. The monoisotopic (exact) mass is 364 g/mol. The fourth-order valence-electron chi connectivity index (χ4n) is 3.05. The number of nitrogens with zero attached hydrogens (tertiary/aromatic N) is 5. The Balaban J connectivity index is 1.33. The van der Waals surface area contributed by atoms with Gasteiger partial charge in [-0.3, -0.25) is 4.79 Å². The van der Waals surface area contributed by atoms with E-state index in [2.05, 4.69) is 25.3 Å². The highest BCUT2D eigenvalue weighted by Crippen LogP contribution is 2.24. The van der Waals surface area contributed by atoms with Crippen molar-refractivity contribution >= 4 is 11.7 Å². The molecule has 1 N–H and O–H groups in total. The number of anilines is 1. The topological polar surface area (TPSA) is 85.2 Å². The maximum absolute atomic E-state index is 12.4. The minimum atomic E-state index is -0.0529. The Bertz CT molecular complexity index is 921. The van der Waals surface area contributed by atoms with Crippen molar-refractivity contribution in [3.8, 4) is 11.6 Å². The van der Waals surface area contributed by atoms with Gasteiger partial charge in [-0.15, -0.1) is 0 Å². The zero-order valence-corrected chi connectivity index (χ0v) is 14.9. The standard InChI is InChI=1S/C19H20N6O2/c1-27-16-6-3-2-5-14(16)10-20-19(26)15-11-24(12-15)17-9-18(22-13-21-17)25-8-4-7-23-25/h2-9,13,15H,10-12H2,1H3,(H,20,26). The first kappa shape index (κ1) is 17.0. The highest BCUT2D eigenvalue weighted by atomic mass is 16.5. The predicted octanol–water partition coefficient (Wildman–Crippen LogP) is 1.42. The van der Waals surface area contributed by atoms with Gasteiger partial charge in [0.05, 0.1) is 13.0 Å². The normalized spacial score (nSPS) is 13.9. The Morgan fingerprint density at radius 1 is 1.22 bits per heavy atom. The van der Waals surface area contributed by atoms with Gasteiger partial charge in [0.2, 0.25) is 5.91 Å². The van der Waals surface area contributed by atoms with E-state index in [0.717, 1.165) is 17.1 Å². The molecule has 0 spiro atoms. The van der Waals surface area contributed by atoms with Crippen molar-refractivity contribution < 1.29 is 9.53 Å². The molecule has 1 saturated heterocycles. The van der Waals surface area contributed by atoms with Gasteiger partial charge in [-0.2, -0.15) is 5.10 Å². The second-order valence-electron chi connectivity index (χ2n) is 6.32. The molecule has 1 fully saturated rings. The van der Waals surface area contributed by atoms with Crippen LogP contribution in [0.25, 0.3) is 5.82 Å². The third-order valence-corrected chi connectivity index (χ3v) is 4.60. The van der Waals surface area contributed by atoms with E-state index < -0.39 is 0 Å². The largest absolute Gasteiger partial charge is 0.496 e.